The Morgan fingerprint density at radius 1 is 0.667 bits per heavy atom. The van der Waals surface area contributed by atoms with Crippen LogP contribution in [0.25, 0.3) is 11.1 Å². The average Bonchev–Trinajstić information content (AvgIpc) is 3.00. The molecule has 224 valence electrons. The van der Waals surface area contributed by atoms with Crippen molar-refractivity contribution < 1.29 is 47.9 Å². The van der Waals surface area contributed by atoms with Crippen molar-refractivity contribution in [3.63, 3.8) is 0 Å². The first-order chi connectivity index (χ1) is 20.1. The van der Waals surface area contributed by atoms with Gasteiger partial charge in [0.1, 0.15) is 12.2 Å². The summed E-state index contributed by atoms with van der Waals surface area (Å²) in [5, 5.41) is 11.0. The molecule has 0 saturated heterocycles. The van der Waals surface area contributed by atoms with Gasteiger partial charge in [-0.3, -0.25) is 4.79 Å². The molecule has 0 amide bonds. The molecule has 0 aliphatic heterocycles. The predicted molar refractivity (Wildman–Crippen MR) is 154 cm³/mol. The van der Waals surface area contributed by atoms with Crippen molar-refractivity contribution in [3.05, 3.63) is 59.2 Å². The minimum Gasteiger partial charge on any atom is -0.504 e. The number of hydrogen-bond acceptors (Lipinski definition) is 10. The lowest BCUT2D eigenvalue weighted by Crippen LogP contribution is -2.31. The van der Waals surface area contributed by atoms with Crippen LogP contribution >= 0.6 is 0 Å². The number of aromatic hydroxyl groups is 1. The Bertz CT molecular complexity index is 1470. The SMILES string of the molecule is COc1cc2c(c(OC)c1OC)-c1c(cc(O)c(OC)c1OC)[C@H](OC(C)=O)[C@H](C)[C@H](C)[C@H]2OC(=O)c1ccccc1. The van der Waals surface area contributed by atoms with Gasteiger partial charge in [-0.25, -0.2) is 4.79 Å². The van der Waals surface area contributed by atoms with E-state index in [0.717, 1.165) is 0 Å². The van der Waals surface area contributed by atoms with Crippen LogP contribution in [0.4, 0.5) is 0 Å². The van der Waals surface area contributed by atoms with Crippen LogP contribution in [0, 0.1) is 11.8 Å². The molecule has 3 aromatic rings. The molecule has 1 aliphatic carbocycles. The number of carbonyl (C=O) groups is 2. The molecule has 42 heavy (non-hydrogen) atoms. The second-order valence-corrected chi connectivity index (χ2v) is 9.98. The number of fused-ring (bicyclic) bond motifs is 3. The van der Waals surface area contributed by atoms with Gasteiger partial charge in [-0.15, -0.1) is 0 Å². The molecule has 1 aliphatic rings. The van der Waals surface area contributed by atoms with Crippen molar-refractivity contribution in [3.8, 4) is 45.6 Å². The quantitative estimate of drug-likeness (QED) is 0.323. The van der Waals surface area contributed by atoms with Crippen LogP contribution in [0.1, 0.15) is 54.5 Å². The van der Waals surface area contributed by atoms with E-state index in [2.05, 4.69) is 0 Å². The van der Waals surface area contributed by atoms with Gasteiger partial charge in [-0.2, -0.15) is 0 Å². The van der Waals surface area contributed by atoms with Gasteiger partial charge in [0.15, 0.2) is 23.0 Å². The van der Waals surface area contributed by atoms with E-state index in [1.807, 2.05) is 19.9 Å². The summed E-state index contributed by atoms with van der Waals surface area (Å²) in [7, 11) is 7.28. The molecule has 0 radical (unpaired) electrons. The highest BCUT2D eigenvalue weighted by molar-refractivity contribution is 5.91. The highest BCUT2D eigenvalue weighted by atomic mass is 16.6. The zero-order valence-corrected chi connectivity index (χ0v) is 25.0. The number of benzene rings is 3. The number of phenolic OH excluding ortho intramolecular Hbond substituents is 1. The smallest absolute Gasteiger partial charge is 0.338 e. The van der Waals surface area contributed by atoms with Crippen LogP contribution in [0.5, 0.6) is 34.5 Å². The summed E-state index contributed by atoms with van der Waals surface area (Å²) in [5.41, 5.74) is 2.18. The van der Waals surface area contributed by atoms with E-state index in [4.69, 9.17) is 33.2 Å². The summed E-state index contributed by atoms with van der Waals surface area (Å²) in [6, 6.07) is 11.9. The van der Waals surface area contributed by atoms with Gasteiger partial charge in [-0.05, 0) is 24.3 Å². The molecule has 4 rings (SSSR count). The van der Waals surface area contributed by atoms with Gasteiger partial charge in [0, 0.05) is 41.0 Å². The minimum atomic E-state index is -0.887. The lowest BCUT2D eigenvalue weighted by atomic mass is 9.74. The Labute approximate surface area is 245 Å². The van der Waals surface area contributed by atoms with Crippen molar-refractivity contribution in [1.29, 1.82) is 0 Å². The third-order valence-electron chi connectivity index (χ3n) is 7.70. The van der Waals surface area contributed by atoms with Crippen LogP contribution in [-0.2, 0) is 14.3 Å². The largest absolute Gasteiger partial charge is 0.504 e. The molecule has 10 nitrogen and oxygen atoms in total. The van der Waals surface area contributed by atoms with E-state index >= 15 is 0 Å². The summed E-state index contributed by atoms with van der Waals surface area (Å²) >= 11 is 0. The number of carbonyl (C=O) groups excluding carboxylic acids is 2. The Balaban J connectivity index is 2.18. The summed E-state index contributed by atoms with van der Waals surface area (Å²) in [6.45, 7) is 5.11. The predicted octanol–water partition coefficient (Wildman–Crippen LogP) is 5.89. The maximum atomic E-state index is 13.5. The molecular weight excluding hydrogens is 544 g/mol. The molecule has 1 N–H and O–H groups in total. The van der Waals surface area contributed by atoms with E-state index in [1.54, 1.807) is 30.3 Å². The molecule has 0 fully saturated rings. The fraction of sp³-hybridized carbons (Fsp3) is 0.375. The Morgan fingerprint density at radius 2 is 1.17 bits per heavy atom. The van der Waals surface area contributed by atoms with Gasteiger partial charge in [0.2, 0.25) is 11.5 Å². The monoisotopic (exact) mass is 580 g/mol. The fourth-order valence-electron chi connectivity index (χ4n) is 5.57. The maximum absolute atomic E-state index is 13.5. The molecule has 0 unspecified atom stereocenters. The van der Waals surface area contributed by atoms with Gasteiger partial charge >= 0.3 is 11.9 Å². The standard InChI is InChI=1S/C32H36O10/c1-16-17(2)27(42-32(35)19-12-10-9-11-13-19)21-15-23(36-4)29(38-6)31(40-8)25(21)24-20(26(16)41-18(3)33)14-22(34)28(37-5)30(24)39-7/h9-17,26-27,34H,1-8H3/t16-,17+,26-,27-/m1/s1. The normalized spacial score (nSPS) is 19.2. The van der Waals surface area contributed by atoms with Crippen molar-refractivity contribution in [2.75, 3.05) is 35.5 Å². The number of methoxy groups -OCH3 is 5. The molecular formula is C32H36O10. The molecule has 4 atom stereocenters. The fourth-order valence-corrected chi connectivity index (χ4v) is 5.57. The van der Waals surface area contributed by atoms with E-state index in [-0.39, 0.29) is 28.7 Å². The number of rotatable bonds is 8. The highest BCUT2D eigenvalue weighted by Crippen LogP contribution is 2.59. The Morgan fingerprint density at radius 3 is 1.67 bits per heavy atom. The molecule has 0 aromatic heterocycles. The molecule has 3 aromatic carbocycles. The topological polar surface area (TPSA) is 119 Å². The maximum Gasteiger partial charge on any atom is 0.338 e. The van der Waals surface area contributed by atoms with Crippen molar-refractivity contribution >= 4 is 11.9 Å². The third kappa shape index (κ3) is 5.24. The van der Waals surface area contributed by atoms with Crippen LogP contribution in [-0.4, -0.2) is 52.6 Å². The third-order valence-corrected chi connectivity index (χ3v) is 7.70. The zero-order chi connectivity index (χ0) is 30.7. The Hall–Kier alpha value is -4.60. The van der Waals surface area contributed by atoms with Crippen LogP contribution in [0.2, 0.25) is 0 Å². The summed E-state index contributed by atoms with van der Waals surface area (Å²) in [4.78, 5) is 26.0. The van der Waals surface area contributed by atoms with E-state index in [1.165, 1.54) is 48.5 Å². The second-order valence-electron chi connectivity index (χ2n) is 9.98. The molecule has 0 saturated carbocycles. The highest BCUT2D eigenvalue weighted by Gasteiger charge is 2.44. The Kier molecular flexibility index (Phi) is 9.04. The number of esters is 2. The van der Waals surface area contributed by atoms with Gasteiger partial charge in [0.25, 0.3) is 0 Å². The molecule has 10 heteroatoms. The molecule has 0 heterocycles. The number of ether oxygens (including phenoxy) is 7. The number of hydrogen-bond donors (Lipinski definition) is 1. The molecule has 0 bridgehead atoms. The van der Waals surface area contributed by atoms with Crippen molar-refractivity contribution in [2.45, 2.75) is 33.0 Å². The van der Waals surface area contributed by atoms with E-state index in [0.29, 0.717) is 33.6 Å². The first-order valence-corrected chi connectivity index (χ1v) is 13.4. The lowest BCUT2D eigenvalue weighted by molar-refractivity contribution is -0.151. The van der Waals surface area contributed by atoms with Crippen LogP contribution in [0.3, 0.4) is 0 Å². The van der Waals surface area contributed by atoms with Gasteiger partial charge < -0.3 is 38.3 Å². The van der Waals surface area contributed by atoms with Crippen molar-refractivity contribution in [2.24, 2.45) is 11.8 Å². The summed E-state index contributed by atoms with van der Waals surface area (Å²) < 4.78 is 40.9. The first kappa shape index (κ1) is 30.4. The van der Waals surface area contributed by atoms with E-state index < -0.39 is 36.0 Å². The lowest BCUT2D eigenvalue weighted by Gasteiger charge is -2.39. The van der Waals surface area contributed by atoms with Gasteiger partial charge in [-0.1, -0.05) is 32.0 Å². The van der Waals surface area contributed by atoms with E-state index in [9.17, 15) is 14.7 Å². The zero-order valence-electron chi connectivity index (χ0n) is 25.0. The minimum absolute atomic E-state index is 0.0553. The van der Waals surface area contributed by atoms with Crippen molar-refractivity contribution in [1.82, 2.24) is 0 Å². The summed E-state index contributed by atoms with van der Waals surface area (Å²) in [6.07, 6.45) is -1.77. The molecule has 0 spiro atoms. The number of phenols is 1. The van der Waals surface area contributed by atoms with Crippen LogP contribution < -0.4 is 23.7 Å². The average molecular weight is 581 g/mol. The summed E-state index contributed by atoms with van der Waals surface area (Å²) in [5.74, 6) is -1.04. The van der Waals surface area contributed by atoms with Crippen LogP contribution in [0.15, 0.2) is 42.5 Å². The second kappa shape index (κ2) is 12.5. The van der Waals surface area contributed by atoms with Gasteiger partial charge in [0.05, 0.1) is 41.1 Å². The first-order valence-electron chi connectivity index (χ1n) is 13.4.